The molecule has 0 aliphatic carbocycles. The fraction of sp³-hybridized carbons (Fsp3) is 0.0909. The van der Waals surface area contributed by atoms with Crippen LogP contribution < -0.4 is 5.32 Å². The van der Waals surface area contributed by atoms with E-state index < -0.39 is 0 Å². The number of ketones is 1. The van der Waals surface area contributed by atoms with Gasteiger partial charge in [-0.25, -0.2) is 0 Å². The molecule has 130 valence electrons. The van der Waals surface area contributed by atoms with Crippen molar-refractivity contribution in [2.75, 3.05) is 5.32 Å². The predicted octanol–water partition coefficient (Wildman–Crippen LogP) is 5.06. The van der Waals surface area contributed by atoms with Crippen LogP contribution in [0.15, 0.2) is 72.8 Å². The molecular formula is C22H18ClNO2. The van der Waals surface area contributed by atoms with Gasteiger partial charge in [0.05, 0.1) is 12.1 Å². The fourth-order valence-corrected chi connectivity index (χ4v) is 2.82. The molecule has 0 atom stereocenters. The Hall–Kier alpha value is -2.91. The SMILES string of the molecule is Cc1ccc(CC(=O)Nc2ccc(Cl)cc2C(=O)c2ccccc2)cc1. The average Bonchev–Trinajstić information content (AvgIpc) is 2.65. The van der Waals surface area contributed by atoms with Crippen molar-refractivity contribution >= 4 is 29.0 Å². The first-order valence-electron chi connectivity index (χ1n) is 8.27. The van der Waals surface area contributed by atoms with Crippen molar-refractivity contribution in [3.05, 3.63) is 100 Å². The number of aryl methyl sites for hydroxylation is 1. The number of halogens is 1. The van der Waals surface area contributed by atoms with E-state index in [9.17, 15) is 9.59 Å². The number of carbonyl (C=O) groups excluding carboxylic acids is 2. The number of anilines is 1. The standard InChI is InChI=1S/C22H18ClNO2/c1-15-7-9-16(10-8-15)13-21(25)24-20-12-11-18(23)14-19(20)22(26)17-5-3-2-4-6-17/h2-12,14H,13H2,1H3,(H,24,25). The largest absolute Gasteiger partial charge is 0.325 e. The predicted molar refractivity (Wildman–Crippen MR) is 105 cm³/mol. The summed E-state index contributed by atoms with van der Waals surface area (Å²) in [7, 11) is 0. The lowest BCUT2D eigenvalue weighted by molar-refractivity contribution is -0.115. The van der Waals surface area contributed by atoms with Gasteiger partial charge in [-0.2, -0.15) is 0 Å². The fourth-order valence-electron chi connectivity index (χ4n) is 2.64. The molecule has 0 aliphatic heterocycles. The summed E-state index contributed by atoms with van der Waals surface area (Å²) in [4.78, 5) is 25.2. The minimum atomic E-state index is -0.182. The zero-order valence-corrected chi connectivity index (χ0v) is 15.1. The lowest BCUT2D eigenvalue weighted by atomic mass is 10.0. The second kappa shape index (κ2) is 7.98. The van der Waals surface area contributed by atoms with Gasteiger partial charge in [0.1, 0.15) is 0 Å². The second-order valence-electron chi connectivity index (χ2n) is 6.10. The lowest BCUT2D eigenvalue weighted by Gasteiger charge is -2.11. The third-order valence-electron chi connectivity index (χ3n) is 4.02. The van der Waals surface area contributed by atoms with Gasteiger partial charge < -0.3 is 5.32 Å². The minimum absolute atomic E-state index is 0.182. The minimum Gasteiger partial charge on any atom is -0.325 e. The Morgan fingerprint density at radius 2 is 1.62 bits per heavy atom. The topological polar surface area (TPSA) is 46.2 Å². The molecule has 0 bridgehead atoms. The van der Waals surface area contributed by atoms with E-state index in [1.165, 1.54) is 0 Å². The normalized spacial score (nSPS) is 10.4. The van der Waals surface area contributed by atoms with E-state index in [0.717, 1.165) is 11.1 Å². The van der Waals surface area contributed by atoms with Crippen LogP contribution in [0.3, 0.4) is 0 Å². The molecule has 3 aromatic rings. The smallest absolute Gasteiger partial charge is 0.228 e. The molecule has 3 rings (SSSR count). The van der Waals surface area contributed by atoms with Gasteiger partial charge in [-0.15, -0.1) is 0 Å². The number of rotatable bonds is 5. The van der Waals surface area contributed by atoms with Crippen LogP contribution in [0.25, 0.3) is 0 Å². The van der Waals surface area contributed by atoms with Crippen molar-refractivity contribution in [1.82, 2.24) is 0 Å². The number of carbonyl (C=O) groups is 2. The van der Waals surface area contributed by atoms with E-state index in [-0.39, 0.29) is 18.1 Å². The number of hydrogen-bond donors (Lipinski definition) is 1. The Kier molecular flexibility index (Phi) is 5.49. The maximum absolute atomic E-state index is 12.8. The zero-order valence-electron chi connectivity index (χ0n) is 14.3. The zero-order chi connectivity index (χ0) is 18.5. The Labute approximate surface area is 157 Å². The van der Waals surface area contributed by atoms with E-state index in [1.807, 2.05) is 37.3 Å². The van der Waals surface area contributed by atoms with Crippen molar-refractivity contribution in [1.29, 1.82) is 0 Å². The van der Waals surface area contributed by atoms with Crippen LogP contribution in [0.5, 0.6) is 0 Å². The molecule has 0 aromatic heterocycles. The van der Waals surface area contributed by atoms with Crippen LogP contribution in [0.2, 0.25) is 5.02 Å². The van der Waals surface area contributed by atoms with Gasteiger partial charge in [0.15, 0.2) is 5.78 Å². The molecule has 0 saturated heterocycles. The average molecular weight is 364 g/mol. The molecule has 1 N–H and O–H groups in total. The first-order chi connectivity index (χ1) is 12.5. The summed E-state index contributed by atoms with van der Waals surface area (Å²) in [5.74, 6) is -0.364. The summed E-state index contributed by atoms with van der Waals surface area (Å²) in [6.07, 6.45) is 0.238. The first-order valence-corrected chi connectivity index (χ1v) is 8.65. The van der Waals surface area contributed by atoms with Crippen molar-refractivity contribution < 1.29 is 9.59 Å². The summed E-state index contributed by atoms with van der Waals surface area (Å²) in [6.45, 7) is 2.00. The van der Waals surface area contributed by atoms with E-state index in [4.69, 9.17) is 11.6 Å². The Balaban J connectivity index is 1.82. The molecule has 0 radical (unpaired) electrons. The Bertz CT molecular complexity index is 934. The van der Waals surface area contributed by atoms with Gasteiger partial charge in [-0.3, -0.25) is 9.59 Å². The van der Waals surface area contributed by atoms with E-state index in [2.05, 4.69) is 5.32 Å². The van der Waals surface area contributed by atoms with Crippen LogP contribution in [0.1, 0.15) is 27.0 Å². The third-order valence-corrected chi connectivity index (χ3v) is 4.26. The summed E-state index contributed by atoms with van der Waals surface area (Å²) in [5, 5.41) is 3.28. The molecule has 26 heavy (non-hydrogen) atoms. The molecule has 1 amide bonds. The molecule has 0 fully saturated rings. The third kappa shape index (κ3) is 4.38. The summed E-state index contributed by atoms with van der Waals surface area (Å²) >= 11 is 6.06. The van der Waals surface area contributed by atoms with Crippen molar-refractivity contribution in [2.45, 2.75) is 13.3 Å². The van der Waals surface area contributed by atoms with Gasteiger partial charge in [-0.05, 0) is 30.7 Å². The highest BCUT2D eigenvalue weighted by Gasteiger charge is 2.16. The van der Waals surface area contributed by atoms with Crippen molar-refractivity contribution in [2.24, 2.45) is 0 Å². The van der Waals surface area contributed by atoms with Crippen LogP contribution in [0.4, 0.5) is 5.69 Å². The molecule has 3 aromatic carbocycles. The summed E-state index contributed by atoms with van der Waals surface area (Å²) in [5.41, 5.74) is 3.44. The molecule has 0 heterocycles. The Morgan fingerprint density at radius 3 is 2.31 bits per heavy atom. The number of nitrogens with one attached hydrogen (secondary N) is 1. The van der Waals surface area contributed by atoms with Crippen LogP contribution >= 0.6 is 11.6 Å². The molecule has 0 unspecified atom stereocenters. The molecular weight excluding hydrogens is 346 g/mol. The monoisotopic (exact) mass is 363 g/mol. The van der Waals surface area contributed by atoms with Crippen molar-refractivity contribution in [3.8, 4) is 0 Å². The highest BCUT2D eigenvalue weighted by atomic mass is 35.5. The molecule has 0 aliphatic rings. The van der Waals surface area contributed by atoms with Crippen LogP contribution in [-0.2, 0) is 11.2 Å². The molecule has 0 spiro atoms. The van der Waals surface area contributed by atoms with Gasteiger partial charge >= 0.3 is 0 Å². The maximum Gasteiger partial charge on any atom is 0.228 e. The van der Waals surface area contributed by atoms with Gasteiger partial charge in [0.2, 0.25) is 5.91 Å². The summed E-state index contributed by atoms with van der Waals surface area (Å²) < 4.78 is 0. The van der Waals surface area contributed by atoms with Crippen LogP contribution in [0, 0.1) is 6.92 Å². The molecule has 0 saturated carbocycles. The molecule has 4 heteroatoms. The van der Waals surface area contributed by atoms with Crippen LogP contribution in [-0.4, -0.2) is 11.7 Å². The number of benzene rings is 3. The van der Waals surface area contributed by atoms with E-state index in [0.29, 0.717) is 21.8 Å². The molecule has 3 nitrogen and oxygen atoms in total. The summed E-state index contributed by atoms with van der Waals surface area (Å²) in [6, 6.07) is 21.6. The van der Waals surface area contributed by atoms with Gasteiger partial charge in [0.25, 0.3) is 0 Å². The number of hydrogen-bond acceptors (Lipinski definition) is 2. The van der Waals surface area contributed by atoms with Gasteiger partial charge in [-0.1, -0.05) is 71.8 Å². The second-order valence-corrected chi connectivity index (χ2v) is 6.53. The maximum atomic E-state index is 12.8. The van der Waals surface area contributed by atoms with Crippen molar-refractivity contribution in [3.63, 3.8) is 0 Å². The highest BCUT2D eigenvalue weighted by Crippen LogP contribution is 2.24. The number of amides is 1. The Morgan fingerprint density at radius 1 is 0.923 bits per heavy atom. The first kappa shape index (κ1) is 17.9. The lowest BCUT2D eigenvalue weighted by Crippen LogP contribution is -2.17. The quantitative estimate of drug-likeness (QED) is 0.644. The van der Waals surface area contributed by atoms with E-state index >= 15 is 0 Å². The van der Waals surface area contributed by atoms with E-state index in [1.54, 1.807) is 42.5 Å². The van der Waals surface area contributed by atoms with Gasteiger partial charge in [0, 0.05) is 16.1 Å². The highest BCUT2D eigenvalue weighted by molar-refractivity contribution is 6.31.